The lowest BCUT2D eigenvalue weighted by atomic mass is 10.2. The van der Waals surface area contributed by atoms with Crippen molar-refractivity contribution in [1.29, 1.82) is 0 Å². The number of alkyl halides is 2. The van der Waals surface area contributed by atoms with E-state index in [0.717, 1.165) is 0 Å². The minimum Gasteiger partial charge on any atom is -0.416 e. The Bertz CT molecular complexity index is 284. The van der Waals surface area contributed by atoms with Crippen molar-refractivity contribution >= 4 is 14.6 Å². The second-order valence-electron chi connectivity index (χ2n) is 6.01. The number of rotatable bonds is 4. The Morgan fingerprint density at radius 2 is 1.88 bits per heavy atom. The zero-order valence-corrected chi connectivity index (χ0v) is 11.5. The van der Waals surface area contributed by atoms with Crippen molar-refractivity contribution in [2.45, 2.75) is 44.8 Å². The summed E-state index contributed by atoms with van der Waals surface area (Å²) in [6.07, 6.45) is 0.347. The van der Waals surface area contributed by atoms with Gasteiger partial charge in [0, 0.05) is 6.61 Å². The van der Waals surface area contributed by atoms with E-state index in [1.807, 2.05) is 13.1 Å². The van der Waals surface area contributed by atoms with Crippen molar-refractivity contribution in [1.82, 2.24) is 0 Å². The van der Waals surface area contributed by atoms with Gasteiger partial charge in [0.2, 0.25) is 0 Å². The van der Waals surface area contributed by atoms with Crippen LogP contribution in [0.2, 0.25) is 18.1 Å². The number of aldehydes is 1. The maximum atomic E-state index is 13.0. The van der Waals surface area contributed by atoms with Gasteiger partial charge in [-0.05, 0) is 18.1 Å². The van der Waals surface area contributed by atoms with E-state index in [1.165, 1.54) is 0 Å². The molecule has 1 saturated carbocycles. The van der Waals surface area contributed by atoms with E-state index in [1.54, 1.807) is 0 Å². The molecule has 0 spiro atoms. The van der Waals surface area contributed by atoms with Crippen LogP contribution in [0.25, 0.3) is 0 Å². The molecule has 5 heteroatoms. The highest BCUT2D eigenvalue weighted by Gasteiger charge is 2.68. The van der Waals surface area contributed by atoms with E-state index in [9.17, 15) is 13.6 Å². The predicted molar refractivity (Wildman–Crippen MR) is 61.1 cm³/mol. The van der Waals surface area contributed by atoms with E-state index in [4.69, 9.17) is 4.43 Å². The average Bonchev–Trinajstić information content (AvgIpc) is 2.61. The monoisotopic (exact) mass is 250 g/mol. The van der Waals surface area contributed by atoms with Gasteiger partial charge in [0.25, 0.3) is 5.92 Å². The van der Waals surface area contributed by atoms with Gasteiger partial charge in [0.05, 0.1) is 11.8 Å². The van der Waals surface area contributed by atoms with Crippen LogP contribution in [0.4, 0.5) is 8.78 Å². The molecule has 0 heterocycles. The van der Waals surface area contributed by atoms with Gasteiger partial charge in [-0.2, -0.15) is 0 Å². The molecule has 1 aliphatic carbocycles. The Kier molecular flexibility index (Phi) is 3.33. The first-order chi connectivity index (χ1) is 7.04. The minimum absolute atomic E-state index is 0.00684. The standard InChI is InChI=1S/C11H20F2O2Si/c1-10(2,3)16(4,5)15-7-9-8(6-14)11(9,12)13/h6,8-9H,7H2,1-5H3/t8-,9?/m0/s1. The molecule has 1 unspecified atom stereocenters. The molecule has 2 atom stereocenters. The summed E-state index contributed by atoms with van der Waals surface area (Å²) in [4.78, 5) is 10.4. The zero-order chi connectivity index (χ0) is 12.8. The molecular weight excluding hydrogens is 230 g/mol. The molecule has 1 rings (SSSR count). The number of hydrogen-bond acceptors (Lipinski definition) is 2. The lowest BCUT2D eigenvalue weighted by Crippen LogP contribution is -2.41. The second-order valence-corrected chi connectivity index (χ2v) is 10.8. The van der Waals surface area contributed by atoms with Gasteiger partial charge in [0.1, 0.15) is 6.29 Å². The van der Waals surface area contributed by atoms with Gasteiger partial charge in [-0.3, -0.25) is 0 Å². The predicted octanol–water partition coefficient (Wildman–Crippen LogP) is 3.09. The van der Waals surface area contributed by atoms with Crippen molar-refractivity contribution in [2.24, 2.45) is 11.8 Å². The summed E-state index contributed by atoms with van der Waals surface area (Å²) in [5.41, 5.74) is 0. The molecule has 0 radical (unpaired) electrons. The topological polar surface area (TPSA) is 26.3 Å². The highest BCUT2D eigenvalue weighted by atomic mass is 28.4. The molecule has 0 amide bonds. The van der Waals surface area contributed by atoms with Crippen LogP contribution in [-0.4, -0.2) is 27.1 Å². The number of hydrogen-bond donors (Lipinski definition) is 0. The van der Waals surface area contributed by atoms with Crippen molar-refractivity contribution in [3.8, 4) is 0 Å². The Morgan fingerprint density at radius 3 is 2.19 bits per heavy atom. The van der Waals surface area contributed by atoms with Crippen LogP contribution < -0.4 is 0 Å². The number of carbonyl (C=O) groups is 1. The first-order valence-corrected chi connectivity index (χ1v) is 8.42. The molecular formula is C11H20F2O2Si. The molecule has 94 valence electrons. The van der Waals surface area contributed by atoms with Gasteiger partial charge in [-0.1, -0.05) is 20.8 Å². The third-order valence-corrected chi connectivity index (χ3v) is 8.34. The third-order valence-electron chi connectivity index (χ3n) is 3.84. The van der Waals surface area contributed by atoms with Crippen LogP contribution in [0, 0.1) is 11.8 Å². The minimum atomic E-state index is -2.84. The summed E-state index contributed by atoms with van der Waals surface area (Å²) in [6.45, 7) is 10.2. The van der Waals surface area contributed by atoms with Gasteiger partial charge in [0.15, 0.2) is 8.32 Å². The first-order valence-electron chi connectivity index (χ1n) is 5.51. The number of halogens is 2. The Morgan fingerprint density at radius 1 is 1.38 bits per heavy atom. The third kappa shape index (κ3) is 2.35. The van der Waals surface area contributed by atoms with E-state index >= 15 is 0 Å². The normalized spacial score (nSPS) is 28.9. The van der Waals surface area contributed by atoms with E-state index in [0.29, 0.717) is 6.29 Å². The first kappa shape index (κ1) is 13.8. The molecule has 1 fully saturated rings. The van der Waals surface area contributed by atoms with E-state index in [2.05, 4.69) is 20.8 Å². The van der Waals surface area contributed by atoms with Crippen LogP contribution in [-0.2, 0) is 9.22 Å². The summed E-state index contributed by atoms with van der Waals surface area (Å²) in [6, 6.07) is 0. The molecule has 0 bridgehead atoms. The largest absolute Gasteiger partial charge is 0.416 e. The maximum Gasteiger partial charge on any atom is 0.263 e. The van der Waals surface area contributed by atoms with Crippen molar-refractivity contribution in [2.75, 3.05) is 6.61 Å². The smallest absolute Gasteiger partial charge is 0.263 e. The van der Waals surface area contributed by atoms with Crippen molar-refractivity contribution in [3.63, 3.8) is 0 Å². The van der Waals surface area contributed by atoms with Gasteiger partial charge in [-0.15, -0.1) is 0 Å². The Labute approximate surface area is 96.5 Å². The zero-order valence-electron chi connectivity index (χ0n) is 10.5. The second kappa shape index (κ2) is 3.87. The van der Waals surface area contributed by atoms with Crippen LogP contribution >= 0.6 is 0 Å². The molecule has 0 aliphatic heterocycles. The molecule has 0 N–H and O–H groups in total. The van der Waals surface area contributed by atoms with Crippen LogP contribution in [0.15, 0.2) is 0 Å². The molecule has 0 aromatic rings. The van der Waals surface area contributed by atoms with Crippen molar-refractivity contribution < 1.29 is 18.0 Å². The average molecular weight is 250 g/mol. The summed E-state index contributed by atoms with van der Waals surface area (Å²) in [5.74, 6) is -4.87. The molecule has 1 aliphatic rings. The maximum absolute atomic E-state index is 13.0. The molecule has 0 saturated heterocycles. The van der Waals surface area contributed by atoms with E-state index in [-0.39, 0.29) is 11.6 Å². The van der Waals surface area contributed by atoms with E-state index < -0.39 is 26.1 Å². The number of carbonyl (C=O) groups excluding carboxylic acids is 1. The molecule has 0 aromatic carbocycles. The van der Waals surface area contributed by atoms with Crippen LogP contribution in [0.5, 0.6) is 0 Å². The quantitative estimate of drug-likeness (QED) is 0.566. The lowest BCUT2D eigenvalue weighted by molar-refractivity contribution is -0.110. The lowest BCUT2D eigenvalue weighted by Gasteiger charge is -2.36. The summed E-state index contributed by atoms with van der Waals surface area (Å²) in [7, 11) is -1.98. The molecule has 0 aromatic heterocycles. The van der Waals surface area contributed by atoms with Crippen LogP contribution in [0.1, 0.15) is 20.8 Å². The van der Waals surface area contributed by atoms with Crippen molar-refractivity contribution in [3.05, 3.63) is 0 Å². The highest BCUT2D eigenvalue weighted by molar-refractivity contribution is 6.74. The van der Waals surface area contributed by atoms with Crippen LogP contribution in [0.3, 0.4) is 0 Å². The van der Waals surface area contributed by atoms with Gasteiger partial charge in [-0.25, -0.2) is 8.78 Å². The fourth-order valence-corrected chi connectivity index (χ4v) is 2.36. The summed E-state index contributed by atoms with van der Waals surface area (Å²) < 4.78 is 31.8. The molecule has 2 nitrogen and oxygen atoms in total. The van der Waals surface area contributed by atoms with Gasteiger partial charge >= 0.3 is 0 Å². The molecule has 16 heavy (non-hydrogen) atoms. The Hall–Kier alpha value is -0.293. The summed E-state index contributed by atoms with van der Waals surface area (Å²) in [5, 5.41) is 0.00779. The highest BCUT2D eigenvalue weighted by Crippen LogP contribution is 2.54. The fraction of sp³-hybridized carbons (Fsp3) is 0.909. The fourth-order valence-electron chi connectivity index (χ4n) is 1.33. The SMILES string of the molecule is CC(C)(C)[Si](C)(C)OCC1[C@H](C=O)C1(F)F. The Balaban J connectivity index is 2.52. The summed E-state index contributed by atoms with van der Waals surface area (Å²) >= 11 is 0. The van der Waals surface area contributed by atoms with Gasteiger partial charge < -0.3 is 9.22 Å².